The molecule has 0 saturated carbocycles. The SMILES string of the molecule is CN(C1COCC1C(=O)O)C1CC(C)(C)OC1(C)C. The maximum absolute atomic E-state index is 11.3. The van der Waals surface area contributed by atoms with E-state index in [9.17, 15) is 9.90 Å². The number of aliphatic carboxylic acids is 1. The quantitative estimate of drug-likeness (QED) is 0.840. The van der Waals surface area contributed by atoms with E-state index in [-0.39, 0.29) is 23.3 Å². The molecule has 0 aromatic carbocycles. The van der Waals surface area contributed by atoms with Crippen LogP contribution in [0.3, 0.4) is 0 Å². The third-order valence-corrected chi connectivity index (χ3v) is 4.41. The standard InChI is InChI=1S/C14H25NO4/c1-13(2)6-11(14(3,4)19-13)15(5)10-8-18-7-9(10)12(16)17/h9-11H,6-8H2,1-5H3,(H,16,17). The highest BCUT2D eigenvalue weighted by Crippen LogP contribution is 2.41. The summed E-state index contributed by atoms with van der Waals surface area (Å²) in [7, 11) is 1.99. The summed E-state index contributed by atoms with van der Waals surface area (Å²) in [5, 5.41) is 9.27. The van der Waals surface area contributed by atoms with Gasteiger partial charge in [0.05, 0.1) is 30.3 Å². The van der Waals surface area contributed by atoms with Gasteiger partial charge in [0, 0.05) is 12.1 Å². The van der Waals surface area contributed by atoms with Crippen LogP contribution in [0.4, 0.5) is 0 Å². The van der Waals surface area contributed by atoms with Crippen LogP contribution in [0.1, 0.15) is 34.1 Å². The number of carbonyl (C=O) groups is 1. The molecule has 5 heteroatoms. The van der Waals surface area contributed by atoms with E-state index >= 15 is 0 Å². The van der Waals surface area contributed by atoms with Crippen LogP contribution in [0.2, 0.25) is 0 Å². The van der Waals surface area contributed by atoms with E-state index in [0.717, 1.165) is 6.42 Å². The second kappa shape index (κ2) is 4.72. The van der Waals surface area contributed by atoms with Crippen LogP contribution in [-0.2, 0) is 14.3 Å². The maximum atomic E-state index is 11.3. The first kappa shape index (κ1) is 14.8. The molecule has 0 aromatic rings. The molecule has 0 radical (unpaired) electrons. The van der Waals surface area contributed by atoms with Gasteiger partial charge in [0.15, 0.2) is 0 Å². The normalized spacial score (nSPS) is 36.8. The van der Waals surface area contributed by atoms with Crippen molar-refractivity contribution < 1.29 is 19.4 Å². The Morgan fingerprint density at radius 3 is 2.37 bits per heavy atom. The number of carboxylic acid groups (broad SMARTS) is 1. The molecular weight excluding hydrogens is 246 g/mol. The fraction of sp³-hybridized carbons (Fsp3) is 0.929. The van der Waals surface area contributed by atoms with E-state index in [0.29, 0.717) is 13.2 Å². The molecule has 5 nitrogen and oxygen atoms in total. The fourth-order valence-electron chi connectivity index (χ4n) is 3.58. The number of likely N-dealkylation sites (N-methyl/N-ethyl adjacent to an activating group) is 1. The molecule has 2 heterocycles. The molecule has 2 fully saturated rings. The summed E-state index contributed by atoms with van der Waals surface area (Å²) in [6.45, 7) is 9.12. The van der Waals surface area contributed by atoms with E-state index in [2.05, 4.69) is 32.6 Å². The van der Waals surface area contributed by atoms with Crippen LogP contribution in [0, 0.1) is 5.92 Å². The summed E-state index contributed by atoms with van der Waals surface area (Å²) < 4.78 is 11.5. The highest BCUT2D eigenvalue weighted by molar-refractivity contribution is 5.71. The van der Waals surface area contributed by atoms with Crippen molar-refractivity contribution in [2.45, 2.75) is 57.4 Å². The van der Waals surface area contributed by atoms with Crippen LogP contribution >= 0.6 is 0 Å². The number of hydrogen-bond acceptors (Lipinski definition) is 4. The molecule has 3 atom stereocenters. The van der Waals surface area contributed by atoms with Crippen molar-refractivity contribution in [2.75, 3.05) is 20.3 Å². The number of hydrogen-bond donors (Lipinski definition) is 1. The van der Waals surface area contributed by atoms with Gasteiger partial charge in [-0.2, -0.15) is 0 Å². The van der Waals surface area contributed by atoms with Crippen molar-refractivity contribution in [3.05, 3.63) is 0 Å². The summed E-state index contributed by atoms with van der Waals surface area (Å²) in [6, 6.07) is 0.135. The first-order chi connectivity index (χ1) is 8.64. The van der Waals surface area contributed by atoms with Gasteiger partial charge >= 0.3 is 5.97 Å². The molecular formula is C14H25NO4. The summed E-state index contributed by atoms with van der Waals surface area (Å²) in [5.41, 5.74) is -0.440. The van der Waals surface area contributed by atoms with E-state index < -0.39 is 11.9 Å². The Hall–Kier alpha value is -0.650. The Morgan fingerprint density at radius 2 is 1.89 bits per heavy atom. The van der Waals surface area contributed by atoms with E-state index in [4.69, 9.17) is 9.47 Å². The molecule has 2 aliphatic heterocycles. The Bertz CT molecular complexity index is 366. The molecule has 19 heavy (non-hydrogen) atoms. The van der Waals surface area contributed by atoms with Crippen molar-refractivity contribution in [1.82, 2.24) is 4.90 Å². The third kappa shape index (κ3) is 2.78. The van der Waals surface area contributed by atoms with Gasteiger partial charge in [0.2, 0.25) is 0 Å². The topological polar surface area (TPSA) is 59.0 Å². The van der Waals surface area contributed by atoms with Crippen molar-refractivity contribution >= 4 is 5.97 Å². The highest BCUT2D eigenvalue weighted by atomic mass is 16.5. The molecule has 0 amide bonds. The Morgan fingerprint density at radius 1 is 1.26 bits per heavy atom. The first-order valence-electron chi connectivity index (χ1n) is 6.87. The van der Waals surface area contributed by atoms with Gasteiger partial charge in [-0.25, -0.2) is 0 Å². The zero-order chi connectivity index (χ0) is 14.4. The zero-order valence-corrected chi connectivity index (χ0v) is 12.5. The smallest absolute Gasteiger partial charge is 0.310 e. The van der Waals surface area contributed by atoms with Gasteiger partial charge in [-0.1, -0.05) is 0 Å². The largest absolute Gasteiger partial charge is 0.481 e. The molecule has 2 rings (SSSR count). The lowest BCUT2D eigenvalue weighted by Gasteiger charge is -2.38. The third-order valence-electron chi connectivity index (χ3n) is 4.41. The Balaban J connectivity index is 2.15. The summed E-state index contributed by atoms with van der Waals surface area (Å²) >= 11 is 0. The van der Waals surface area contributed by atoms with Gasteiger partial charge in [-0.3, -0.25) is 9.69 Å². The molecule has 0 aromatic heterocycles. The molecule has 0 bridgehead atoms. The summed E-state index contributed by atoms with van der Waals surface area (Å²) in [5.74, 6) is -1.21. The average Bonchev–Trinajstić information content (AvgIpc) is 2.78. The highest BCUT2D eigenvalue weighted by Gasteiger charge is 2.51. The van der Waals surface area contributed by atoms with Crippen molar-refractivity contribution in [2.24, 2.45) is 5.92 Å². The predicted octanol–water partition coefficient (Wildman–Crippen LogP) is 1.36. The predicted molar refractivity (Wildman–Crippen MR) is 71.1 cm³/mol. The minimum Gasteiger partial charge on any atom is -0.481 e. The fourth-order valence-corrected chi connectivity index (χ4v) is 3.58. The molecule has 0 spiro atoms. The van der Waals surface area contributed by atoms with Gasteiger partial charge in [0.1, 0.15) is 0 Å². The number of carboxylic acids is 1. The van der Waals surface area contributed by atoms with Crippen LogP contribution in [0.15, 0.2) is 0 Å². The number of nitrogens with zero attached hydrogens (tertiary/aromatic N) is 1. The maximum Gasteiger partial charge on any atom is 0.310 e. The lowest BCUT2D eigenvalue weighted by molar-refractivity contribution is -0.144. The molecule has 2 saturated heterocycles. The Labute approximate surface area is 114 Å². The molecule has 3 unspecified atom stereocenters. The molecule has 1 N–H and O–H groups in total. The number of rotatable bonds is 3. The Kier molecular flexibility index (Phi) is 3.66. The van der Waals surface area contributed by atoms with Gasteiger partial charge in [0.25, 0.3) is 0 Å². The van der Waals surface area contributed by atoms with Crippen LogP contribution in [0.5, 0.6) is 0 Å². The minimum atomic E-state index is -0.773. The zero-order valence-electron chi connectivity index (χ0n) is 12.5. The first-order valence-corrected chi connectivity index (χ1v) is 6.87. The van der Waals surface area contributed by atoms with Crippen LogP contribution in [0.25, 0.3) is 0 Å². The summed E-state index contributed by atoms with van der Waals surface area (Å²) in [4.78, 5) is 13.4. The van der Waals surface area contributed by atoms with Crippen molar-refractivity contribution in [3.8, 4) is 0 Å². The molecule has 110 valence electrons. The van der Waals surface area contributed by atoms with Crippen molar-refractivity contribution in [3.63, 3.8) is 0 Å². The van der Waals surface area contributed by atoms with E-state index in [1.807, 2.05) is 7.05 Å². The minimum absolute atomic E-state index is 0.0701. The van der Waals surface area contributed by atoms with Crippen LogP contribution < -0.4 is 0 Å². The second-order valence-corrected chi connectivity index (χ2v) is 6.90. The van der Waals surface area contributed by atoms with E-state index in [1.54, 1.807) is 0 Å². The van der Waals surface area contributed by atoms with Gasteiger partial charge in [-0.15, -0.1) is 0 Å². The van der Waals surface area contributed by atoms with Gasteiger partial charge < -0.3 is 14.6 Å². The molecule has 2 aliphatic rings. The lowest BCUT2D eigenvalue weighted by Crippen LogP contribution is -2.52. The van der Waals surface area contributed by atoms with Crippen molar-refractivity contribution in [1.29, 1.82) is 0 Å². The summed E-state index contributed by atoms with van der Waals surface area (Å²) in [6.07, 6.45) is 0.902. The van der Waals surface area contributed by atoms with Gasteiger partial charge in [-0.05, 0) is 41.2 Å². The van der Waals surface area contributed by atoms with Crippen LogP contribution in [-0.4, -0.2) is 59.5 Å². The number of ether oxygens (including phenoxy) is 2. The second-order valence-electron chi connectivity index (χ2n) is 6.90. The van der Waals surface area contributed by atoms with E-state index in [1.165, 1.54) is 0 Å². The molecule has 0 aliphatic carbocycles. The monoisotopic (exact) mass is 271 g/mol. The lowest BCUT2D eigenvalue weighted by atomic mass is 9.90. The average molecular weight is 271 g/mol.